The van der Waals surface area contributed by atoms with Crippen molar-refractivity contribution in [3.8, 4) is 5.75 Å². The standard InChI is InChI=1S/C14H19IN2O2/c1-2-17(11-4-5-11)8-7-16-14(19)10-3-6-12(15)13(18)9-10/h3,6,9,11,18H,2,4-5,7-8H2,1H3,(H,16,19). The van der Waals surface area contributed by atoms with Crippen LogP contribution in [-0.4, -0.2) is 41.6 Å². The molecule has 0 aromatic heterocycles. The van der Waals surface area contributed by atoms with E-state index in [-0.39, 0.29) is 11.7 Å². The number of halogens is 1. The number of carbonyl (C=O) groups is 1. The number of hydrogen-bond acceptors (Lipinski definition) is 3. The van der Waals surface area contributed by atoms with Crippen LogP contribution in [0.2, 0.25) is 0 Å². The van der Waals surface area contributed by atoms with Gasteiger partial charge in [0.2, 0.25) is 0 Å². The minimum absolute atomic E-state index is 0.126. The number of nitrogens with zero attached hydrogens (tertiary/aromatic N) is 1. The summed E-state index contributed by atoms with van der Waals surface area (Å²) in [4.78, 5) is 14.3. The number of rotatable bonds is 6. The molecule has 1 aromatic rings. The molecular formula is C14H19IN2O2. The van der Waals surface area contributed by atoms with Gasteiger partial charge in [0.15, 0.2) is 0 Å². The van der Waals surface area contributed by atoms with E-state index in [0.717, 1.165) is 22.7 Å². The third-order valence-electron chi connectivity index (χ3n) is 3.36. The lowest BCUT2D eigenvalue weighted by atomic mass is 10.2. The molecule has 1 saturated carbocycles. The zero-order chi connectivity index (χ0) is 13.8. The van der Waals surface area contributed by atoms with Crippen LogP contribution in [0, 0.1) is 3.57 Å². The second-order valence-corrected chi connectivity index (χ2v) is 5.94. The monoisotopic (exact) mass is 374 g/mol. The third kappa shape index (κ3) is 4.07. The molecule has 0 saturated heterocycles. The van der Waals surface area contributed by atoms with Crippen molar-refractivity contribution in [1.82, 2.24) is 10.2 Å². The molecule has 0 spiro atoms. The van der Waals surface area contributed by atoms with E-state index in [0.29, 0.717) is 12.1 Å². The van der Waals surface area contributed by atoms with Gasteiger partial charge in [0, 0.05) is 24.7 Å². The maximum absolute atomic E-state index is 11.9. The molecule has 4 nitrogen and oxygen atoms in total. The molecule has 1 aromatic carbocycles. The van der Waals surface area contributed by atoms with E-state index in [2.05, 4.69) is 17.1 Å². The van der Waals surface area contributed by atoms with Crippen molar-refractivity contribution in [2.75, 3.05) is 19.6 Å². The second-order valence-electron chi connectivity index (χ2n) is 4.78. The maximum Gasteiger partial charge on any atom is 0.251 e. The highest BCUT2D eigenvalue weighted by molar-refractivity contribution is 14.1. The van der Waals surface area contributed by atoms with Gasteiger partial charge in [-0.25, -0.2) is 0 Å². The van der Waals surface area contributed by atoms with Gasteiger partial charge in [-0.2, -0.15) is 0 Å². The number of aromatic hydroxyl groups is 1. The van der Waals surface area contributed by atoms with Gasteiger partial charge < -0.3 is 10.4 Å². The van der Waals surface area contributed by atoms with E-state index in [4.69, 9.17) is 0 Å². The molecule has 0 heterocycles. The molecule has 0 bridgehead atoms. The van der Waals surface area contributed by atoms with Crippen LogP contribution in [0.3, 0.4) is 0 Å². The van der Waals surface area contributed by atoms with Gasteiger partial charge in [-0.15, -0.1) is 0 Å². The number of phenolic OH excluding ortho intramolecular Hbond substituents is 1. The number of nitrogens with one attached hydrogen (secondary N) is 1. The van der Waals surface area contributed by atoms with Crippen LogP contribution >= 0.6 is 22.6 Å². The average molecular weight is 374 g/mol. The minimum atomic E-state index is -0.126. The summed E-state index contributed by atoms with van der Waals surface area (Å²) >= 11 is 2.03. The molecule has 1 amide bonds. The van der Waals surface area contributed by atoms with E-state index >= 15 is 0 Å². The Kier molecular flexibility index (Phi) is 5.04. The first-order valence-electron chi connectivity index (χ1n) is 6.62. The first kappa shape index (κ1) is 14.6. The van der Waals surface area contributed by atoms with Crippen LogP contribution in [0.5, 0.6) is 5.75 Å². The fourth-order valence-electron chi connectivity index (χ4n) is 2.11. The van der Waals surface area contributed by atoms with Crippen LogP contribution in [-0.2, 0) is 0 Å². The number of amides is 1. The summed E-state index contributed by atoms with van der Waals surface area (Å²) in [7, 11) is 0. The number of benzene rings is 1. The first-order chi connectivity index (χ1) is 9.11. The molecule has 1 aliphatic rings. The Morgan fingerprint density at radius 2 is 2.26 bits per heavy atom. The topological polar surface area (TPSA) is 52.6 Å². The largest absolute Gasteiger partial charge is 0.507 e. The van der Waals surface area contributed by atoms with E-state index in [1.54, 1.807) is 12.1 Å². The Hall–Kier alpha value is -0.820. The van der Waals surface area contributed by atoms with Crippen molar-refractivity contribution in [1.29, 1.82) is 0 Å². The molecule has 1 aliphatic carbocycles. The van der Waals surface area contributed by atoms with Crippen LogP contribution in [0.4, 0.5) is 0 Å². The van der Waals surface area contributed by atoms with Gasteiger partial charge in [0.25, 0.3) is 5.91 Å². The predicted octanol–water partition coefficient (Wildman–Crippen LogP) is 2.21. The van der Waals surface area contributed by atoms with Crippen LogP contribution in [0.25, 0.3) is 0 Å². The molecule has 104 valence electrons. The van der Waals surface area contributed by atoms with Crippen LogP contribution < -0.4 is 5.32 Å². The highest BCUT2D eigenvalue weighted by Crippen LogP contribution is 2.25. The molecule has 2 N–H and O–H groups in total. The molecule has 0 aliphatic heterocycles. The fraction of sp³-hybridized carbons (Fsp3) is 0.500. The highest BCUT2D eigenvalue weighted by Gasteiger charge is 2.27. The zero-order valence-corrected chi connectivity index (χ0v) is 13.2. The number of phenols is 1. The summed E-state index contributed by atoms with van der Waals surface area (Å²) in [6, 6.07) is 5.71. The summed E-state index contributed by atoms with van der Waals surface area (Å²) in [5.74, 6) is 0.0277. The summed E-state index contributed by atoms with van der Waals surface area (Å²) in [5.41, 5.74) is 0.507. The number of carbonyl (C=O) groups excluding carboxylic acids is 1. The Morgan fingerprint density at radius 1 is 1.53 bits per heavy atom. The smallest absolute Gasteiger partial charge is 0.251 e. The lowest BCUT2D eigenvalue weighted by Crippen LogP contribution is -2.36. The maximum atomic E-state index is 11.9. The molecule has 19 heavy (non-hydrogen) atoms. The Labute approximate surface area is 127 Å². The average Bonchev–Trinajstić information content (AvgIpc) is 3.22. The molecule has 0 atom stereocenters. The molecular weight excluding hydrogens is 355 g/mol. The molecule has 0 unspecified atom stereocenters. The van der Waals surface area contributed by atoms with Crippen molar-refractivity contribution in [2.24, 2.45) is 0 Å². The van der Waals surface area contributed by atoms with Gasteiger partial charge in [0.05, 0.1) is 3.57 Å². The summed E-state index contributed by atoms with van der Waals surface area (Å²) in [6.45, 7) is 4.72. The Balaban J connectivity index is 1.81. The fourth-order valence-corrected chi connectivity index (χ4v) is 2.44. The van der Waals surface area contributed by atoms with Gasteiger partial charge in [-0.05, 0) is 60.2 Å². The quantitative estimate of drug-likeness (QED) is 0.751. The van der Waals surface area contributed by atoms with E-state index in [1.165, 1.54) is 18.9 Å². The summed E-state index contributed by atoms with van der Waals surface area (Å²) in [6.07, 6.45) is 2.57. The van der Waals surface area contributed by atoms with E-state index < -0.39 is 0 Å². The zero-order valence-electron chi connectivity index (χ0n) is 11.0. The highest BCUT2D eigenvalue weighted by atomic mass is 127. The van der Waals surface area contributed by atoms with Crippen LogP contribution in [0.15, 0.2) is 18.2 Å². The Morgan fingerprint density at radius 3 is 2.84 bits per heavy atom. The van der Waals surface area contributed by atoms with Gasteiger partial charge in [-0.1, -0.05) is 6.92 Å². The molecule has 1 fully saturated rings. The van der Waals surface area contributed by atoms with Gasteiger partial charge in [-0.3, -0.25) is 9.69 Å². The summed E-state index contributed by atoms with van der Waals surface area (Å²) < 4.78 is 0.750. The van der Waals surface area contributed by atoms with Gasteiger partial charge >= 0.3 is 0 Å². The van der Waals surface area contributed by atoms with Crippen molar-refractivity contribution in [3.63, 3.8) is 0 Å². The lowest BCUT2D eigenvalue weighted by Gasteiger charge is -2.19. The normalized spacial score (nSPS) is 14.7. The number of likely N-dealkylation sites (N-methyl/N-ethyl adjacent to an activating group) is 1. The van der Waals surface area contributed by atoms with Crippen molar-refractivity contribution in [3.05, 3.63) is 27.3 Å². The van der Waals surface area contributed by atoms with Crippen LogP contribution in [0.1, 0.15) is 30.1 Å². The van der Waals surface area contributed by atoms with Crippen molar-refractivity contribution >= 4 is 28.5 Å². The SMILES string of the molecule is CCN(CCNC(=O)c1ccc(I)c(O)c1)C1CC1. The first-order valence-corrected chi connectivity index (χ1v) is 7.70. The summed E-state index contributed by atoms with van der Waals surface area (Å²) in [5, 5.41) is 12.5. The molecule has 0 radical (unpaired) electrons. The minimum Gasteiger partial charge on any atom is -0.507 e. The third-order valence-corrected chi connectivity index (χ3v) is 4.27. The van der Waals surface area contributed by atoms with E-state index in [9.17, 15) is 9.90 Å². The van der Waals surface area contributed by atoms with Crippen molar-refractivity contribution in [2.45, 2.75) is 25.8 Å². The predicted molar refractivity (Wildman–Crippen MR) is 83.4 cm³/mol. The number of hydrogen-bond donors (Lipinski definition) is 2. The van der Waals surface area contributed by atoms with Crippen molar-refractivity contribution < 1.29 is 9.90 Å². The molecule has 2 rings (SSSR count). The second kappa shape index (κ2) is 6.56. The molecule has 5 heteroatoms. The lowest BCUT2D eigenvalue weighted by molar-refractivity contribution is 0.0947. The van der Waals surface area contributed by atoms with E-state index in [1.807, 2.05) is 22.6 Å². The Bertz CT molecular complexity index is 461. The van der Waals surface area contributed by atoms with Gasteiger partial charge in [0.1, 0.15) is 5.75 Å².